The van der Waals surface area contributed by atoms with Crippen molar-refractivity contribution in [1.82, 2.24) is 5.32 Å². The van der Waals surface area contributed by atoms with Gasteiger partial charge >= 0.3 is 5.97 Å². The zero-order valence-electron chi connectivity index (χ0n) is 10.7. The molecule has 2 N–H and O–H groups in total. The van der Waals surface area contributed by atoms with E-state index in [1.807, 2.05) is 44.2 Å². The molecule has 1 rings (SSSR count). The van der Waals surface area contributed by atoms with Crippen molar-refractivity contribution in [2.75, 3.05) is 0 Å². The number of carbonyl (C=O) groups is 2. The Bertz CT molecular complexity index is 401. The Morgan fingerprint density at radius 2 is 1.83 bits per heavy atom. The lowest BCUT2D eigenvalue weighted by atomic mass is 10.0. The number of amides is 1. The van der Waals surface area contributed by atoms with Gasteiger partial charge in [0.1, 0.15) is 0 Å². The molecule has 0 aliphatic carbocycles. The van der Waals surface area contributed by atoms with Gasteiger partial charge in [-0.25, -0.2) is 0 Å². The number of benzene rings is 1. The number of nitrogens with one attached hydrogen (secondary N) is 1. The van der Waals surface area contributed by atoms with Crippen molar-refractivity contribution in [1.29, 1.82) is 0 Å². The predicted molar refractivity (Wildman–Crippen MR) is 69.0 cm³/mol. The highest BCUT2D eigenvalue weighted by Gasteiger charge is 2.17. The Balaban J connectivity index is 2.75. The molecule has 0 radical (unpaired) electrons. The average Bonchev–Trinajstić information content (AvgIpc) is 2.34. The molecule has 4 heteroatoms. The third kappa shape index (κ3) is 4.57. The lowest BCUT2D eigenvalue weighted by Crippen LogP contribution is -2.32. The third-order valence-electron chi connectivity index (χ3n) is 2.69. The molecule has 0 saturated carbocycles. The van der Waals surface area contributed by atoms with E-state index in [0.29, 0.717) is 6.42 Å². The van der Waals surface area contributed by atoms with Gasteiger partial charge in [0.15, 0.2) is 0 Å². The second-order valence-electron chi connectivity index (χ2n) is 4.56. The number of hydrogen-bond donors (Lipinski definition) is 2. The minimum absolute atomic E-state index is 0.0396. The van der Waals surface area contributed by atoms with Crippen molar-refractivity contribution >= 4 is 11.9 Å². The molecule has 0 saturated heterocycles. The van der Waals surface area contributed by atoms with Gasteiger partial charge in [0, 0.05) is 12.3 Å². The van der Waals surface area contributed by atoms with Gasteiger partial charge in [-0.15, -0.1) is 0 Å². The smallest absolute Gasteiger partial charge is 0.303 e. The summed E-state index contributed by atoms with van der Waals surface area (Å²) >= 11 is 0. The first-order valence-electron chi connectivity index (χ1n) is 6.08. The first-order chi connectivity index (χ1) is 8.50. The van der Waals surface area contributed by atoms with Gasteiger partial charge in [0.05, 0.1) is 6.04 Å². The average molecular weight is 249 g/mol. The Kier molecular flexibility index (Phi) is 5.36. The Labute approximate surface area is 107 Å². The summed E-state index contributed by atoms with van der Waals surface area (Å²) in [5.74, 6) is -1.02. The van der Waals surface area contributed by atoms with E-state index in [0.717, 1.165) is 5.56 Å². The fourth-order valence-corrected chi connectivity index (χ4v) is 1.61. The van der Waals surface area contributed by atoms with E-state index in [4.69, 9.17) is 5.11 Å². The van der Waals surface area contributed by atoms with Gasteiger partial charge in [-0.2, -0.15) is 0 Å². The molecule has 0 heterocycles. The van der Waals surface area contributed by atoms with E-state index in [-0.39, 0.29) is 24.3 Å². The van der Waals surface area contributed by atoms with Crippen LogP contribution in [0.15, 0.2) is 30.3 Å². The van der Waals surface area contributed by atoms with Gasteiger partial charge < -0.3 is 10.4 Å². The molecule has 1 aromatic carbocycles. The summed E-state index contributed by atoms with van der Waals surface area (Å²) < 4.78 is 0. The Morgan fingerprint density at radius 3 is 2.33 bits per heavy atom. The molecule has 18 heavy (non-hydrogen) atoms. The first-order valence-corrected chi connectivity index (χ1v) is 6.08. The number of carboxylic acid groups (broad SMARTS) is 1. The minimum Gasteiger partial charge on any atom is -0.481 e. The normalized spacial score (nSPS) is 12.2. The summed E-state index contributed by atoms with van der Waals surface area (Å²) in [6.07, 6.45) is 0.440. The van der Waals surface area contributed by atoms with E-state index in [2.05, 4.69) is 5.32 Å². The molecule has 0 aromatic heterocycles. The van der Waals surface area contributed by atoms with Crippen LogP contribution in [-0.2, 0) is 9.59 Å². The Hall–Kier alpha value is -1.84. The number of carbonyl (C=O) groups excluding carboxylic acids is 1. The molecule has 0 bridgehead atoms. The molecular weight excluding hydrogens is 230 g/mol. The van der Waals surface area contributed by atoms with Crippen molar-refractivity contribution < 1.29 is 14.7 Å². The molecule has 1 unspecified atom stereocenters. The number of carboxylic acids is 1. The largest absolute Gasteiger partial charge is 0.481 e. The summed E-state index contributed by atoms with van der Waals surface area (Å²) in [5.41, 5.74) is 0.938. The number of hydrogen-bond acceptors (Lipinski definition) is 2. The Morgan fingerprint density at radius 1 is 1.22 bits per heavy atom. The minimum atomic E-state index is -0.852. The summed E-state index contributed by atoms with van der Waals surface area (Å²) in [5, 5.41) is 11.6. The molecule has 98 valence electrons. The van der Waals surface area contributed by atoms with Crippen molar-refractivity contribution in [3.8, 4) is 0 Å². The van der Waals surface area contributed by atoms with E-state index in [1.54, 1.807) is 0 Å². The maximum absolute atomic E-state index is 11.7. The number of aliphatic carboxylic acids is 1. The first kappa shape index (κ1) is 14.2. The molecular formula is C14H19NO3. The van der Waals surface area contributed by atoms with Crippen LogP contribution < -0.4 is 5.32 Å². The van der Waals surface area contributed by atoms with Crippen LogP contribution in [0.5, 0.6) is 0 Å². The van der Waals surface area contributed by atoms with Gasteiger partial charge in [-0.1, -0.05) is 44.2 Å². The van der Waals surface area contributed by atoms with Gasteiger partial charge in [0.25, 0.3) is 0 Å². The monoisotopic (exact) mass is 249 g/mol. The van der Waals surface area contributed by atoms with Crippen LogP contribution >= 0.6 is 0 Å². The topological polar surface area (TPSA) is 66.4 Å². The molecule has 0 aliphatic heterocycles. The molecule has 1 atom stereocenters. The van der Waals surface area contributed by atoms with Crippen LogP contribution in [0.4, 0.5) is 0 Å². The molecule has 0 aliphatic rings. The van der Waals surface area contributed by atoms with E-state index in [9.17, 15) is 9.59 Å². The number of rotatable bonds is 6. The van der Waals surface area contributed by atoms with E-state index in [1.165, 1.54) is 0 Å². The molecule has 1 aromatic rings. The van der Waals surface area contributed by atoms with Crippen molar-refractivity contribution in [2.45, 2.75) is 32.7 Å². The van der Waals surface area contributed by atoms with Crippen molar-refractivity contribution in [3.05, 3.63) is 35.9 Å². The maximum atomic E-state index is 11.7. The van der Waals surface area contributed by atoms with Crippen LogP contribution in [-0.4, -0.2) is 17.0 Å². The van der Waals surface area contributed by atoms with Crippen LogP contribution in [0, 0.1) is 5.92 Å². The maximum Gasteiger partial charge on any atom is 0.303 e. The van der Waals surface area contributed by atoms with E-state index >= 15 is 0 Å². The fourth-order valence-electron chi connectivity index (χ4n) is 1.61. The molecule has 0 fully saturated rings. The highest BCUT2D eigenvalue weighted by atomic mass is 16.4. The third-order valence-corrected chi connectivity index (χ3v) is 2.69. The van der Waals surface area contributed by atoms with Crippen molar-refractivity contribution in [2.24, 2.45) is 5.92 Å². The highest BCUT2D eigenvalue weighted by Crippen LogP contribution is 2.18. The summed E-state index contributed by atoms with van der Waals surface area (Å²) in [6.45, 7) is 3.63. The second kappa shape index (κ2) is 6.79. The second-order valence-corrected chi connectivity index (χ2v) is 4.56. The lowest BCUT2D eigenvalue weighted by Gasteiger charge is -2.19. The SMILES string of the molecule is CC(C)C(=O)NC(CCC(=O)O)c1ccccc1. The highest BCUT2D eigenvalue weighted by molar-refractivity contribution is 5.78. The standard InChI is InChI=1S/C14H19NO3/c1-10(2)14(18)15-12(8-9-13(16)17)11-6-4-3-5-7-11/h3-7,10,12H,8-9H2,1-2H3,(H,15,18)(H,16,17). The van der Waals surface area contributed by atoms with Crippen LogP contribution in [0.25, 0.3) is 0 Å². The predicted octanol–water partition coefficient (Wildman–Crippen LogP) is 2.36. The van der Waals surface area contributed by atoms with Gasteiger partial charge in [0.2, 0.25) is 5.91 Å². The molecule has 1 amide bonds. The summed E-state index contributed by atoms with van der Waals surface area (Å²) in [7, 11) is 0. The zero-order valence-corrected chi connectivity index (χ0v) is 10.7. The quantitative estimate of drug-likeness (QED) is 0.813. The fraction of sp³-hybridized carbons (Fsp3) is 0.429. The summed E-state index contributed by atoms with van der Waals surface area (Å²) in [4.78, 5) is 22.4. The van der Waals surface area contributed by atoms with E-state index < -0.39 is 5.97 Å². The van der Waals surface area contributed by atoms with Crippen molar-refractivity contribution in [3.63, 3.8) is 0 Å². The lowest BCUT2D eigenvalue weighted by molar-refractivity contribution is -0.137. The van der Waals surface area contributed by atoms with Gasteiger partial charge in [-0.3, -0.25) is 9.59 Å². The molecule has 4 nitrogen and oxygen atoms in total. The van der Waals surface area contributed by atoms with Crippen LogP contribution in [0.2, 0.25) is 0 Å². The van der Waals surface area contributed by atoms with Crippen LogP contribution in [0.1, 0.15) is 38.3 Å². The summed E-state index contributed by atoms with van der Waals surface area (Å²) in [6, 6.07) is 9.20. The van der Waals surface area contributed by atoms with Gasteiger partial charge in [-0.05, 0) is 12.0 Å². The molecule has 0 spiro atoms. The zero-order chi connectivity index (χ0) is 13.5. The van der Waals surface area contributed by atoms with Crippen LogP contribution in [0.3, 0.4) is 0 Å².